The van der Waals surface area contributed by atoms with Crippen LogP contribution >= 0.6 is 11.6 Å². The summed E-state index contributed by atoms with van der Waals surface area (Å²) in [6.45, 7) is 8.71. The first-order chi connectivity index (χ1) is 10.4. The van der Waals surface area contributed by atoms with Gasteiger partial charge in [0.25, 0.3) is 0 Å². The molecule has 3 N–H and O–H groups in total. The summed E-state index contributed by atoms with van der Waals surface area (Å²) in [5.74, 6) is 0.375. The van der Waals surface area contributed by atoms with Crippen molar-refractivity contribution in [3.05, 3.63) is 11.7 Å². The van der Waals surface area contributed by atoms with Crippen molar-refractivity contribution in [3.63, 3.8) is 0 Å². The van der Waals surface area contributed by atoms with Crippen molar-refractivity contribution in [1.29, 1.82) is 0 Å². The van der Waals surface area contributed by atoms with Crippen LogP contribution in [0, 0.1) is 13.8 Å². The van der Waals surface area contributed by atoms with Crippen LogP contribution in [0.2, 0.25) is 0 Å². The number of amidine groups is 1. The maximum absolute atomic E-state index is 9.81. The number of carbonyl (C=O) groups excluding carboxylic acids is 3. The lowest BCUT2D eigenvalue weighted by molar-refractivity contribution is -0.156. The molecule has 0 saturated carbocycles. The van der Waals surface area contributed by atoms with Crippen molar-refractivity contribution >= 4 is 34.6 Å². The molecule has 0 atom stereocenters. The van der Waals surface area contributed by atoms with E-state index in [-0.39, 0.29) is 18.5 Å². The quantitative estimate of drug-likeness (QED) is 0.133. The molecule has 1 rings (SSSR count). The Labute approximate surface area is 146 Å². The topological polar surface area (TPSA) is 158 Å². The van der Waals surface area contributed by atoms with Gasteiger partial charge < -0.3 is 20.2 Å². The molecule has 10 nitrogen and oxygen atoms in total. The van der Waals surface area contributed by atoms with Gasteiger partial charge in [-0.1, -0.05) is 17.7 Å². The second kappa shape index (κ2) is 18.6. The molecule has 0 radical (unpaired) electrons. The van der Waals surface area contributed by atoms with Gasteiger partial charge in [-0.3, -0.25) is 14.4 Å². The summed E-state index contributed by atoms with van der Waals surface area (Å²) in [7, 11) is 0. The Hall–Kier alpha value is -2.49. The monoisotopic (exact) mass is 368 g/mol. The van der Waals surface area contributed by atoms with Crippen LogP contribution < -0.4 is 5.73 Å². The number of oxime groups is 1. The molecular weight excluding hydrogens is 344 g/mol. The molecule has 0 aliphatic carbocycles. The van der Waals surface area contributed by atoms with Crippen molar-refractivity contribution in [2.24, 2.45) is 10.9 Å². The van der Waals surface area contributed by atoms with Gasteiger partial charge in [0, 0.05) is 27.7 Å². The molecule has 0 fully saturated rings. The molecule has 0 saturated heterocycles. The van der Waals surface area contributed by atoms with Gasteiger partial charge in [0.05, 0.1) is 0 Å². The molecule has 0 unspecified atom stereocenters. The summed E-state index contributed by atoms with van der Waals surface area (Å²) in [4.78, 5) is 32.7. The summed E-state index contributed by atoms with van der Waals surface area (Å²) >= 11 is 4.64. The number of esters is 2. The van der Waals surface area contributed by atoms with Crippen LogP contribution in [0.25, 0.3) is 0 Å². The van der Waals surface area contributed by atoms with E-state index in [1.807, 2.05) is 0 Å². The van der Waals surface area contributed by atoms with Gasteiger partial charge in [0.15, 0.2) is 5.82 Å². The Bertz CT molecular complexity index is 480. The molecule has 0 spiro atoms. The Balaban J connectivity index is -0.000000113. The standard InChI is InChI=1S/C4H6N2O.C4H6O3.C2H3ClO.C2H6N2O.CH4/c1-3-5-4(2)7-6-3;1-3(5)7-4(2)6;1-2(3)4;1-2(3)4-5;/h2*1-2H3;1H3;5H,1H3,(H2,3,4);1H4. The van der Waals surface area contributed by atoms with Crippen LogP contribution in [0.1, 0.15) is 46.8 Å². The lowest BCUT2D eigenvalue weighted by Crippen LogP contribution is -2.03. The van der Waals surface area contributed by atoms with E-state index in [9.17, 15) is 14.4 Å². The van der Waals surface area contributed by atoms with E-state index in [0.717, 1.165) is 0 Å². The van der Waals surface area contributed by atoms with Crippen molar-refractivity contribution in [3.8, 4) is 0 Å². The van der Waals surface area contributed by atoms with E-state index in [4.69, 9.17) is 10.9 Å². The average molecular weight is 369 g/mol. The first-order valence-electron chi connectivity index (χ1n) is 5.98. The van der Waals surface area contributed by atoms with Crippen LogP contribution in [-0.2, 0) is 19.1 Å². The van der Waals surface area contributed by atoms with Crippen molar-refractivity contribution < 1.29 is 28.9 Å². The number of hydrogen-bond donors (Lipinski definition) is 2. The number of aryl methyl sites for hydroxylation is 2. The van der Waals surface area contributed by atoms with E-state index in [1.165, 1.54) is 27.7 Å². The minimum Gasteiger partial charge on any atom is -0.409 e. The number of halogens is 1. The maximum Gasteiger partial charge on any atom is 0.310 e. The lowest BCUT2D eigenvalue weighted by atomic mass is 10.7. The minimum atomic E-state index is -0.562. The Kier molecular flexibility index (Phi) is 22.8. The molecule has 24 heavy (non-hydrogen) atoms. The van der Waals surface area contributed by atoms with Gasteiger partial charge in [-0.25, -0.2) is 0 Å². The fourth-order valence-electron chi connectivity index (χ4n) is 0.603. The predicted octanol–water partition coefficient (Wildman–Crippen LogP) is 1.94. The number of rotatable bonds is 0. The molecule has 0 aromatic carbocycles. The summed E-state index contributed by atoms with van der Waals surface area (Å²) < 4.78 is 8.58. The molecule has 1 heterocycles. The Morgan fingerprint density at radius 2 is 1.50 bits per heavy atom. The van der Waals surface area contributed by atoms with Crippen molar-refractivity contribution in [2.75, 3.05) is 0 Å². The van der Waals surface area contributed by atoms with Gasteiger partial charge in [-0.15, -0.1) is 0 Å². The zero-order chi connectivity index (χ0) is 19.0. The van der Waals surface area contributed by atoms with E-state index in [0.29, 0.717) is 11.7 Å². The fraction of sp³-hybridized carbons (Fsp3) is 0.538. The normalized spacial score (nSPS) is 8.54. The summed E-state index contributed by atoms with van der Waals surface area (Å²) in [5.41, 5.74) is 4.79. The summed E-state index contributed by atoms with van der Waals surface area (Å²) in [6.07, 6.45) is 0. The first-order valence-corrected chi connectivity index (χ1v) is 6.36. The SMILES string of the molecule is C.C/C(N)=N\O.CC(=O)Cl.CC(=O)OC(C)=O.Cc1noc(C)n1. The lowest BCUT2D eigenvalue weighted by Gasteiger charge is -1.87. The average Bonchev–Trinajstić information content (AvgIpc) is 2.72. The highest BCUT2D eigenvalue weighted by Crippen LogP contribution is 1.89. The molecule has 140 valence electrons. The van der Waals surface area contributed by atoms with Crippen LogP contribution in [-0.4, -0.2) is 38.4 Å². The maximum atomic E-state index is 9.81. The fourth-order valence-corrected chi connectivity index (χ4v) is 0.603. The highest BCUT2D eigenvalue weighted by molar-refractivity contribution is 6.62. The molecule has 0 aliphatic heterocycles. The number of ether oxygens (including phenoxy) is 1. The largest absolute Gasteiger partial charge is 0.409 e. The summed E-state index contributed by atoms with van der Waals surface area (Å²) in [5, 5.41) is 13.4. The van der Waals surface area contributed by atoms with Crippen LogP contribution in [0.4, 0.5) is 0 Å². The smallest absolute Gasteiger partial charge is 0.310 e. The third-order valence-corrected chi connectivity index (χ3v) is 1.07. The highest BCUT2D eigenvalue weighted by Gasteiger charge is 1.93. The molecule has 1 aromatic heterocycles. The molecule has 1 aromatic rings. The van der Waals surface area contributed by atoms with Crippen molar-refractivity contribution in [2.45, 2.75) is 49.0 Å². The van der Waals surface area contributed by atoms with E-state index in [1.54, 1.807) is 13.8 Å². The third kappa shape index (κ3) is 42.7. The Morgan fingerprint density at radius 3 is 1.54 bits per heavy atom. The zero-order valence-electron chi connectivity index (χ0n) is 13.8. The number of carbonyl (C=O) groups is 3. The molecule has 0 bridgehead atoms. The third-order valence-electron chi connectivity index (χ3n) is 1.07. The zero-order valence-corrected chi connectivity index (χ0v) is 14.5. The molecule has 11 heteroatoms. The van der Waals surface area contributed by atoms with E-state index < -0.39 is 11.9 Å². The number of hydrogen-bond acceptors (Lipinski definition) is 9. The van der Waals surface area contributed by atoms with Crippen LogP contribution in [0.15, 0.2) is 9.68 Å². The molecule has 0 aliphatic rings. The van der Waals surface area contributed by atoms with Gasteiger partial charge in [-0.05, 0) is 25.4 Å². The molecule has 0 amide bonds. The first kappa shape index (κ1) is 29.5. The van der Waals surface area contributed by atoms with Gasteiger partial charge in [0.2, 0.25) is 11.1 Å². The minimum absolute atomic E-state index is 0. The second-order valence-corrected chi connectivity index (χ2v) is 4.19. The Morgan fingerprint density at radius 1 is 1.17 bits per heavy atom. The van der Waals surface area contributed by atoms with Crippen molar-refractivity contribution in [1.82, 2.24) is 10.1 Å². The van der Waals surface area contributed by atoms with E-state index in [2.05, 4.69) is 36.2 Å². The summed E-state index contributed by atoms with van der Waals surface area (Å²) in [6, 6.07) is 0. The number of nitrogens with two attached hydrogens (primary N) is 1. The predicted molar refractivity (Wildman–Crippen MR) is 88.6 cm³/mol. The van der Waals surface area contributed by atoms with Gasteiger partial charge in [-0.2, -0.15) is 4.98 Å². The van der Waals surface area contributed by atoms with E-state index >= 15 is 0 Å². The van der Waals surface area contributed by atoms with Crippen LogP contribution in [0.5, 0.6) is 0 Å². The van der Waals surface area contributed by atoms with Gasteiger partial charge in [0.1, 0.15) is 5.84 Å². The number of aromatic nitrogens is 2. The highest BCUT2D eigenvalue weighted by atomic mass is 35.5. The van der Waals surface area contributed by atoms with Gasteiger partial charge >= 0.3 is 11.9 Å². The number of nitrogens with zero attached hydrogens (tertiary/aromatic N) is 3. The second-order valence-electron chi connectivity index (χ2n) is 3.66. The molecular formula is C13H25ClN4O6. The van der Waals surface area contributed by atoms with Crippen LogP contribution in [0.3, 0.4) is 0 Å².